The summed E-state index contributed by atoms with van der Waals surface area (Å²) >= 11 is 0. The van der Waals surface area contributed by atoms with Crippen molar-refractivity contribution >= 4 is 33.9 Å². The topological polar surface area (TPSA) is 96.7 Å². The Kier molecular flexibility index (Phi) is 4.45. The average molecular weight is 407 g/mol. The minimum atomic E-state index is -0.449. The molecule has 0 fully saturated rings. The van der Waals surface area contributed by atoms with Crippen molar-refractivity contribution in [2.75, 3.05) is 5.32 Å². The van der Waals surface area contributed by atoms with Crippen molar-refractivity contribution in [3.8, 4) is 6.07 Å². The second-order valence-electron chi connectivity index (χ2n) is 7.11. The summed E-state index contributed by atoms with van der Waals surface area (Å²) in [5.41, 5.74) is 3.63. The van der Waals surface area contributed by atoms with Crippen molar-refractivity contribution in [2.45, 2.75) is 13.0 Å². The highest BCUT2D eigenvalue weighted by molar-refractivity contribution is 6.05. The monoisotopic (exact) mass is 407 g/mol. The molecule has 0 aliphatic carbocycles. The van der Waals surface area contributed by atoms with Gasteiger partial charge in [0.2, 0.25) is 0 Å². The lowest BCUT2D eigenvalue weighted by molar-refractivity contribution is 0.0996. The zero-order valence-electron chi connectivity index (χ0n) is 16.6. The lowest BCUT2D eigenvalue weighted by Gasteiger charge is -2.19. The Morgan fingerprint density at radius 3 is 2.42 bits per heavy atom. The van der Waals surface area contributed by atoms with Crippen LogP contribution in [0.2, 0.25) is 0 Å². The number of anilines is 1. The third kappa shape index (κ3) is 3.11. The molecule has 2 aromatic carbocycles. The van der Waals surface area contributed by atoms with Gasteiger partial charge in [0.25, 0.3) is 5.91 Å². The van der Waals surface area contributed by atoms with Gasteiger partial charge in [-0.3, -0.25) is 4.79 Å². The molecule has 1 N–H and O–H groups in total. The Balaban J connectivity index is 1.79. The van der Waals surface area contributed by atoms with Crippen LogP contribution >= 0.6 is 0 Å². The summed E-state index contributed by atoms with van der Waals surface area (Å²) in [5.74, 6) is 0.0417. The predicted molar refractivity (Wildman–Crippen MR) is 117 cm³/mol. The summed E-state index contributed by atoms with van der Waals surface area (Å²) in [7, 11) is 0. The van der Waals surface area contributed by atoms with Crippen molar-refractivity contribution in [1.29, 1.82) is 5.26 Å². The molecule has 3 aromatic heterocycles. The summed E-state index contributed by atoms with van der Waals surface area (Å²) in [5, 5.41) is 12.8. The lowest BCUT2D eigenvalue weighted by atomic mass is 10.1. The number of nitrogens with one attached hydrogen (secondary N) is 1. The molecule has 0 saturated carbocycles. The molecule has 0 aliphatic heterocycles. The SMILES string of the molecule is C[C@H](c1ccccc1)n1c(NC(=O)c2ccco2)c(C#N)c2nc3ccccc3nc21. The molecule has 150 valence electrons. The Labute approximate surface area is 177 Å². The average Bonchev–Trinajstić information content (AvgIpc) is 3.44. The van der Waals surface area contributed by atoms with Crippen LogP contribution in [0.5, 0.6) is 0 Å². The molecular weight excluding hydrogens is 390 g/mol. The molecule has 31 heavy (non-hydrogen) atoms. The van der Waals surface area contributed by atoms with Crippen molar-refractivity contribution in [3.05, 3.63) is 89.9 Å². The van der Waals surface area contributed by atoms with Crippen molar-refractivity contribution < 1.29 is 9.21 Å². The number of nitrogens with zero attached hydrogens (tertiary/aromatic N) is 4. The van der Waals surface area contributed by atoms with E-state index in [1.54, 1.807) is 12.1 Å². The van der Waals surface area contributed by atoms with Crippen molar-refractivity contribution in [2.24, 2.45) is 0 Å². The van der Waals surface area contributed by atoms with E-state index in [0.717, 1.165) is 5.56 Å². The number of hydrogen-bond donors (Lipinski definition) is 1. The molecule has 3 heterocycles. The number of carbonyl (C=O) groups excluding carboxylic acids is 1. The first-order valence-corrected chi connectivity index (χ1v) is 9.78. The van der Waals surface area contributed by atoms with Crippen LogP contribution in [0, 0.1) is 11.3 Å². The lowest BCUT2D eigenvalue weighted by Crippen LogP contribution is -2.18. The molecule has 5 aromatic rings. The Morgan fingerprint density at radius 2 is 1.74 bits per heavy atom. The molecule has 7 nitrogen and oxygen atoms in total. The number of para-hydroxylation sites is 2. The molecule has 5 rings (SSSR count). The Morgan fingerprint density at radius 1 is 1.03 bits per heavy atom. The normalized spacial score (nSPS) is 12.0. The van der Waals surface area contributed by atoms with Crippen LogP contribution in [0.1, 0.15) is 34.6 Å². The van der Waals surface area contributed by atoms with Gasteiger partial charge in [0, 0.05) is 0 Å². The van der Waals surface area contributed by atoms with Gasteiger partial charge in [0.05, 0.1) is 23.3 Å². The van der Waals surface area contributed by atoms with E-state index >= 15 is 0 Å². The fraction of sp³-hybridized carbons (Fsp3) is 0.0833. The number of carbonyl (C=O) groups is 1. The number of benzene rings is 2. The van der Waals surface area contributed by atoms with E-state index in [9.17, 15) is 10.1 Å². The first-order chi connectivity index (χ1) is 15.2. The van der Waals surface area contributed by atoms with Gasteiger partial charge in [-0.15, -0.1) is 0 Å². The van der Waals surface area contributed by atoms with Crippen LogP contribution in [0.3, 0.4) is 0 Å². The van der Waals surface area contributed by atoms with E-state index in [1.165, 1.54) is 6.26 Å². The summed E-state index contributed by atoms with van der Waals surface area (Å²) < 4.78 is 7.08. The summed E-state index contributed by atoms with van der Waals surface area (Å²) in [4.78, 5) is 22.3. The maximum atomic E-state index is 12.8. The number of amides is 1. The molecule has 0 aliphatic rings. The second kappa shape index (κ2) is 7.43. The van der Waals surface area contributed by atoms with Crippen molar-refractivity contribution in [1.82, 2.24) is 14.5 Å². The highest BCUT2D eigenvalue weighted by atomic mass is 16.3. The summed E-state index contributed by atoms with van der Waals surface area (Å²) in [6.07, 6.45) is 1.43. The number of fused-ring (bicyclic) bond motifs is 2. The van der Waals surface area contributed by atoms with E-state index < -0.39 is 5.91 Å². The fourth-order valence-electron chi connectivity index (χ4n) is 3.73. The Hall–Kier alpha value is -4.44. The molecule has 0 saturated heterocycles. The van der Waals surface area contributed by atoms with Gasteiger partial charge < -0.3 is 14.3 Å². The molecule has 1 atom stereocenters. The van der Waals surface area contributed by atoms with Gasteiger partial charge >= 0.3 is 0 Å². The third-order valence-electron chi connectivity index (χ3n) is 5.25. The van der Waals surface area contributed by atoms with E-state index in [-0.39, 0.29) is 17.4 Å². The van der Waals surface area contributed by atoms with E-state index in [0.29, 0.717) is 28.0 Å². The summed E-state index contributed by atoms with van der Waals surface area (Å²) in [6.45, 7) is 2.00. The number of hydrogen-bond acceptors (Lipinski definition) is 5. The van der Waals surface area contributed by atoms with Gasteiger partial charge in [-0.25, -0.2) is 9.97 Å². The minimum absolute atomic E-state index is 0.152. The van der Waals surface area contributed by atoms with Gasteiger partial charge in [-0.1, -0.05) is 42.5 Å². The number of rotatable bonds is 4. The van der Waals surface area contributed by atoms with Gasteiger partial charge in [-0.05, 0) is 36.8 Å². The number of furan rings is 1. The quantitative estimate of drug-likeness (QED) is 0.456. The molecule has 0 bridgehead atoms. The van der Waals surface area contributed by atoms with Gasteiger partial charge in [0.15, 0.2) is 11.4 Å². The first kappa shape index (κ1) is 18.6. The van der Waals surface area contributed by atoms with E-state index in [1.807, 2.05) is 66.1 Å². The van der Waals surface area contributed by atoms with E-state index in [2.05, 4.69) is 11.4 Å². The Bertz CT molecular complexity index is 1450. The molecule has 0 spiro atoms. The molecule has 7 heteroatoms. The zero-order chi connectivity index (χ0) is 21.4. The van der Waals surface area contributed by atoms with Gasteiger partial charge in [-0.2, -0.15) is 5.26 Å². The third-order valence-corrected chi connectivity index (χ3v) is 5.25. The minimum Gasteiger partial charge on any atom is -0.459 e. The smallest absolute Gasteiger partial charge is 0.292 e. The number of nitriles is 1. The highest BCUT2D eigenvalue weighted by Gasteiger charge is 2.26. The summed E-state index contributed by atoms with van der Waals surface area (Å²) in [6, 6.07) is 22.5. The van der Waals surface area contributed by atoms with Crippen LogP contribution in [0.15, 0.2) is 77.4 Å². The van der Waals surface area contributed by atoms with Crippen LogP contribution in [0.25, 0.3) is 22.2 Å². The fourth-order valence-corrected chi connectivity index (χ4v) is 3.73. The predicted octanol–water partition coefficient (Wildman–Crippen LogP) is 4.91. The van der Waals surface area contributed by atoms with E-state index in [4.69, 9.17) is 14.4 Å². The largest absolute Gasteiger partial charge is 0.459 e. The standard InChI is InChI=1S/C24H17N5O2/c1-15(16-8-3-2-4-9-16)29-22(28-24(30)20-12-7-13-31-20)17(14-25)21-23(29)27-19-11-6-5-10-18(19)26-21/h2-13,15H,1H3,(H,28,30)/t15-/m1/s1. The molecule has 0 radical (unpaired) electrons. The maximum absolute atomic E-state index is 12.8. The highest BCUT2D eigenvalue weighted by Crippen LogP contribution is 2.34. The van der Waals surface area contributed by atoms with Crippen molar-refractivity contribution in [3.63, 3.8) is 0 Å². The molecule has 1 amide bonds. The maximum Gasteiger partial charge on any atom is 0.292 e. The molecular formula is C24H17N5O2. The van der Waals surface area contributed by atoms with Crippen LogP contribution in [0.4, 0.5) is 5.82 Å². The first-order valence-electron chi connectivity index (χ1n) is 9.78. The second-order valence-corrected chi connectivity index (χ2v) is 7.11. The van der Waals surface area contributed by atoms with Gasteiger partial charge in [0.1, 0.15) is 23.0 Å². The van der Waals surface area contributed by atoms with Crippen LogP contribution < -0.4 is 5.32 Å². The van der Waals surface area contributed by atoms with Crippen LogP contribution in [-0.4, -0.2) is 20.4 Å². The van der Waals surface area contributed by atoms with Crippen LogP contribution in [-0.2, 0) is 0 Å². The zero-order valence-corrected chi connectivity index (χ0v) is 16.6. The molecule has 0 unspecified atom stereocenters. The number of aromatic nitrogens is 3.